The van der Waals surface area contributed by atoms with Crippen LogP contribution in [0.2, 0.25) is 0 Å². The van der Waals surface area contributed by atoms with Gasteiger partial charge < -0.3 is 15.2 Å². The molecular formula is C12H23NO2. The Balaban J connectivity index is 1.98. The van der Waals surface area contributed by atoms with Crippen molar-refractivity contribution in [2.24, 2.45) is 11.1 Å². The molecule has 2 rings (SSSR count). The molecule has 0 unspecified atom stereocenters. The zero-order valence-electron chi connectivity index (χ0n) is 9.54. The fourth-order valence-electron chi connectivity index (χ4n) is 3.03. The highest BCUT2D eigenvalue weighted by Gasteiger charge is 2.42. The lowest BCUT2D eigenvalue weighted by Gasteiger charge is -2.40. The molecule has 0 aromatic carbocycles. The van der Waals surface area contributed by atoms with Crippen molar-refractivity contribution < 1.29 is 9.47 Å². The van der Waals surface area contributed by atoms with Crippen LogP contribution in [0.4, 0.5) is 0 Å². The molecule has 1 aliphatic heterocycles. The Kier molecular flexibility index (Phi) is 4.00. The van der Waals surface area contributed by atoms with E-state index < -0.39 is 0 Å². The van der Waals surface area contributed by atoms with Gasteiger partial charge in [-0.3, -0.25) is 0 Å². The Bertz CT molecular complexity index is 184. The van der Waals surface area contributed by atoms with Crippen LogP contribution in [0.25, 0.3) is 0 Å². The normalized spacial score (nSPS) is 27.0. The average molecular weight is 213 g/mol. The van der Waals surface area contributed by atoms with E-state index in [1.165, 1.54) is 38.5 Å². The third-order valence-corrected chi connectivity index (χ3v) is 3.85. The maximum absolute atomic E-state index is 5.73. The second-order valence-electron chi connectivity index (χ2n) is 4.89. The molecule has 2 N–H and O–H groups in total. The van der Waals surface area contributed by atoms with Crippen LogP contribution in [0.1, 0.15) is 44.9 Å². The summed E-state index contributed by atoms with van der Waals surface area (Å²) >= 11 is 0. The summed E-state index contributed by atoms with van der Waals surface area (Å²) in [5, 5.41) is 0. The first-order chi connectivity index (χ1) is 7.37. The minimum atomic E-state index is 0.0596. The Morgan fingerprint density at radius 3 is 2.33 bits per heavy atom. The zero-order chi connectivity index (χ0) is 10.6. The monoisotopic (exact) mass is 213 g/mol. The first kappa shape index (κ1) is 11.4. The maximum atomic E-state index is 5.73. The van der Waals surface area contributed by atoms with Gasteiger partial charge in [0, 0.05) is 5.41 Å². The Morgan fingerprint density at radius 2 is 1.73 bits per heavy atom. The topological polar surface area (TPSA) is 44.5 Å². The second kappa shape index (κ2) is 5.28. The third kappa shape index (κ3) is 2.52. The summed E-state index contributed by atoms with van der Waals surface area (Å²) in [6.07, 6.45) is 8.88. The van der Waals surface area contributed by atoms with Crippen molar-refractivity contribution in [1.82, 2.24) is 0 Å². The van der Waals surface area contributed by atoms with E-state index in [4.69, 9.17) is 15.2 Å². The summed E-state index contributed by atoms with van der Waals surface area (Å²) in [5.74, 6) is 0. The molecule has 1 saturated carbocycles. The predicted molar refractivity (Wildman–Crippen MR) is 59.5 cm³/mol. The van der Waals surface area contributed by atoms with Crippen molar-refractivity contribution in [3.8, 4) is 0 Å². The van der Waals surface area contributed by atoms with Crippen LogP contribution in [-0.2, 0) is 9.47 Å². The average Bonchev–Trinajstić information content (AvgIpc) is 2.82. The molecular weight excluding hydrogens is 190 g/mol. The fraction of sp³-hybridized carbons (Fsp3) is 1.00. The summed E-state index contributed by atoms with van der Waals surface area (Å²) in [7, 11) is 0. The largest absolute Gasteiger partial charge is 0.350 e. The van der Waals surface area contributed by atoms with Crippen LogP contribution in [0, 0.1) is 5.41 Å². The first-order valence-corrected chi connectivity index (χ1v) is 6.31. The van der Waals surface area contributed by atoms with Crippen LogP contribution >= 0.6 is 0 Å². The summed E-state index contributed by atoms with van der Waals surface area (Å²) in [5.41, 5.74) is 5.91. The van der Waals surface area contributed by atoms with Crippen molar-refractivity contribution in [3.63, 3.8) is 0 Å². The Hall–Kier alpha value is -0.120. The molecule has 0 aromatic heterocycles. The summed E-state index contributed by atoms with van der Waals surface area (Å²) < 4.78 is 11.5. The molecule has 3 heteroatoms. The van der Waals surface area contributed by atoms with Crippen molar-refractivity contribution in [2.45, 2.75) is 51.2 Å². The van der Waals surface area contributed by atoms with E-state index in [1.807, 2.05) is 0 Å². The van der Waals surface area contributed by atoms with Crippen molar-refractivity contribution in [3.05, 3.63) is 0 Å². The molecule has 0 bridgehead atoms. The number of ether oxygens (including phenoxy) is 2. The van der Waals surface area contributed by atoms with Crippen LogP contribution in [0.3, 0.4) is 0 Å². The van der Waals surface area contributed by atoms with Crippen LogP contribution in [-0.4, -0.2) is 26.0 Å². The van der Waals surface area contributed by atoms with E-state index in [1.54, 1.807) is 0 Å². The van der Waals surface area contributed by atoms with Gasteiger partial charge >= 0.3 is 0 Å². The van der Waals surface area contributed by atoms with E-state index in [0.717, 1.165) is 26.2 Å². The summed E-state index contributed by atoms with van der Waals surface area (Å²) in [6, 6.07) is 0. The van der Waals surface area contributed by atoms with Crippen LogP contribution in [0.15, 0.2) is 0 Å². The highest BCUT2D eigenvalue weighted by atomic mass is 16.7. The third-order valence-electron chi connectivity index (χ3n) is 3.85. The minimum Gasteiger partial charge on any atom is -0.350 e. The second-order valence-corrected chi connectivity index (χ2v) is 4.89. The lowest BCUT2D eigenvalue weighted by atomic mass is 9.70. The molecule has 1 heterocycles. The zero-order valence-corrected chi connectivity index (χ0v) is 9.54. The molecule has 1 saturated heterocycles. The lowest BCUT2D eigenvalue weighted by molar-refractivity contribution is -0.150. The standard InChI is InChI=1S/C12H23NO2/c13-8-4-7-12(5-2-1-3-6-12)11-14-9-10-15-11/h11H,1-10,13H2. The highest BCUT2D eigenvalue weighted by molar-refractivity contribution is 4.87. The van der Waals surface area contributed by atoms with Gasteiger partial charge in [-0.2, -0.15) is 0 Å². The molecule has 1 aliphatic carbocycles. The minimum absolute atomic E-state index is 0.0596. The molecule has 0 amide bonds. The fourth-order valence-corrected chi connectivity index (χ4v) is 3.03. The van der Waals surface area contributed by atoms with Crippen LogP contribution in [0.5, 0.6) is 0 Å². The molecule has 2 fully saturated rings. The maximum Gasteiger partial charge on any atom is 0.163 e. The van der Waals surface area contributed by atoms with E-state index in [2.05, 4.69) is 0 Å². The van der Waals surface area contributed by atoms with Gasteiger partial charge in [0.25, 0.3) is 0 Å². The molecule has 3 nitrogen and oxygen atoms in total. The lowest BCUT2D eigenvalue weighted by Crippen LogP contribution is -2.38. The van der Waals surface area contributed by atoms with Crippen LogP contribution < -0.4 is 5.73 Å². The van der Waals surface area contributed by atoms with Crippen molar-refractivity contribution in [2.75, 3.05) is 19.8 Å². The van der Waals surface area contributed by atoms with Crippen molar-refractivity contribution >= 4 is 0 Å². The van der Waals surface area contributed by atoms with Gasteiger partial charge in [-0.1, -0.05) is 19.3 Å². The Morgan fingerprint density at radius 1 is 1.07 bits per heavy atom. The molecule has 0 atom stereocenters. The summed E-state index contributed by atoms with van der Waals surface area (Å²) in [4.78, 5) is 0. The van der Waals surface area contributed by atoms with Gasteiger partial charge in [0.05, 0.1) is 13.2 Å². The molecule has 0 spiro atoms. The number of hydrogen-bond acceptors (Lipinski definition) is 3. The summed E-state index contributed by atoms with van der Waals surface area (Å²) in [6.45, 7) is 2.33. The SMILES string of the molecule is NCCCC1(C2OCCO2)CCCCC1. The number of hydrogen-bond donors (Lipinski definition) is 1. The van der Waals surface area contributed by atoms with Gasteiger partial charge in [0.1, 0.15) is 0 Å². The first-order valence-electron chi connectivity index (χ1n) is 6.31. The quantitative estimate of drug-likeness (QED) is 0.777. The molecule has 88 valence electrons. The highest BCUT2D eigenvalue weighted by Crippen LogP contribution is 2.45. The van der Waals surface area contributed by atoms with Gasteiger partial charge in [0.2, 0.25) is 0 Å². The molecule has 0 radical (unpaired) electrons. The molecule has 15 heavy (non-hydrogen) atoms. The van der Waals surface area contributed by atoms with Gasteiger partial charge in [-0.15, -0.1) is 0 Å². The van der Waals surface area contributed by atoms with Gasteiger partial charge in [0.15, 0.2) is 6.29 Å². The Labute approximate surface area is 92.3 Å². The van der Waals surface area contributed by atoms with E-state index in [-0.39, 0.29) is 11.7 Å². The predicted octanol–water partition coefficient (Wildman–Crippen LogP) is 2.05. The van der Waals surface area contributed by atoms with Crippen molar-refractivity contribution in [1.29, 1.82) is 0 Å². The molecule has 0 aromatic rings. The van der Waals surface area contributed by atoms with E-state index in [9.17, 15) is 0 Å². The van der Waals surface area contributed by atoms with E-state index in [0.29, 0.717) is 0 Å². The number of rotatable bonds is 4. The van der Waals surface area contributed by atoms with Gasteiger partial charge in [-0.05, 0) is 32.2 Å². The smallest absolute Gasteiger partial charge is 0.163 e. The number of nitrogens with two attached hydrogens (primary N) is 1. The van der Waals surface area contributed by atoms with Gasteiger partial charge in [-0.25, -0.2) is 0 Å². The van der Waals surface area contributed by atoms with E-state index >= 15 is 0 Å². The molecule has 2 aliphatic rings.